The highest BCUT2D eigenvalue weighted by atomic mass is 32.2. The first-order chi connectivity index (χ1) is 12.3. The summed E-state index contributed by atoms with van der Waals surface area (Å²) in [4.78, 5) is 26.9. The van der Waals surface area contributed by atoms with Gasteiger partial charge in [-0.2, -0.15) is 0 Å². The molecular weight excluding hydrogens is 366 g/mol. The number of hydrogen-bond donors (Lipinski definition) is 2. The third-order valence-electron chi connectivity index (χ3n) is 6.32. The molecular formula is C19H31N3O2S2. The smallest absolute Gasteiger partial charge is 0.321 e. The number of thiocarbonyl (C=S) groups is 1. The zero-order valence-corrected chi connectivity index (χ0v) is 17.7. The lowest BCUT2D eigenvalue weighted by atomic mass is 9.53. The highest BCUT2D eigenvalue weighted by Gasteiger charge is 2.51. The Labute approximate surface area is 166 Å². The number of nitrogens with zero attached hydrogens (tertiary/aromatic N) is 1. The maximum atomic E-state index is 12.5. The monoisotopic (exact) mass is 397 g/mol. The molecule has 0 aromatic rings. The molecule has 0 aliphatic heterocycles. The molecule has 1 atom stereocenters. The van der Waals surface area contributed by atoms with Crippen LogP contribution < -0.4 is 10.6 Å². The Bertz CT molecular complexity index is 542. The van der Waals surface area contributed by atoms with Crippen molar-refractivity contribution in [3.63, 3.8) is 0 Å². The standard InChI is InChI=1S/C19H31N3O2S2/c1-4-22(5-2)18(25)26-12(3)16(23)20-17(24)21-19-9-13-6-14(10-19)8-15(7-13)11-19/h12-15H,4-11H2,1-3H3,(H2,20,21,23,24). The molecule has 2 N–H and O–H groups in total. The molecule has 26 heavy (non-hydrogen) atoms. The molecule has 3 amide bonds. The van der Waals surface area contributed by atoms with Crippen LogP contribution in [-0.4, -0.2) is 45.0 Å². The Kier molecular flexibility index (Phi) is 6.17. The minimum Gasteiger partial charge on any atom is -0.358 e. The number of nitrogens with one attached hydrogen (secondary N) is 2. The fourth-order valence-corrected chi connectivity index (χ4v) is 7.08. The van der Waals surface area contributed by atoms with Crippen molar-refractivity contribution in [3.8, 4) is 0 Å². The van der Waals surface area contributed by atoms with Crippen molar-refractivity contribution in [3.05, 3.63) is 0 Å². The quantitative estimate of drug-likeness (QED) is 0.695. The summed E-state index contributed by atoms with van der Waals surface area (Å²) in [6.45, 7) is 7.53. The van der Waals surface area contributed by atoms with Gasteiger partial charge in [0.05, 0.1) is 5.25 Å². The third kappa shape index (κ3) is 4.35. The molecule has 4 bridgehead atoms. The van der Waals surface area contributed by atoms with Crippen molar-refractivity contribution in [1.82, 2.24) is 15.5 Å². The molecule has 0 heterocycles. The number of rotatable bonds is 5. The Hall–Kier alpha value is -0.820. The van der Waals surface area contributed by atoms with Gasteiger partial charge >= 0.3 is 6.03 Å². The summed E-state index contributed by atoms with van der Waals surface area (Å²) in [6, 6.07) is -0.335. The first-order valence-corrected chi connectivity index (χ1v) is 11.2. The Morgan fingerprint density at radius 1 is 1.12 bits per heavy atom. The van der Waals surface area contributed by atoms with Gasteiger partial charge in [0.1, 0.15) is 4.32 Å². The molecule has 0 aromatic heterocycles. The summed E-state index contributed by atoms with van der Waals surface area (Å²) in [6.07, 6.45) is 7.23. The van der Waals surface area contributed by atoms with Crippen LogP contribution in [0.25, 0.3) is 0 Å². The second kappa shape index (κ2) is 8.05. The predicted molar refractivity (Wildman–Crippen MR) is 110 cm³/mol. The van der Waals surface area contributed by atoms with E-state index in [0.29, 0.717) is 4.32 Å². The van der Waals surface area contributed by atoms with E-state index < -0.39 is 0 Å². The predicted octanol–water partition coefficient (Wildman–Crippen LogP) is 3.53. The van der Waals surface area contributed by atoms with E-state index in [1.807, 2.05) is 18.7 Å². The fourth-order valence-electron chi connectivity index (χ4n) is 5.51. The van der Waals surface area contributed by atoms with Crippen molar-refractivity contribution in [1.29, 1.82) is 0 Å². The maximum Gasteiger partial charge on any atom is 0.321 e. The lowest BCUT2D eigenvalue weighted by molar-refractivity contribution is -0.119. The Balaban J connectivity index is 1.50. The number of carbonyl (C=O) groups excluding carboxylic acids is 2. The molecule has 4 saturated carbocycles. The van der Waals surface area contributed by atoms with E-state index in [1.54, 1.807) is 6.92 Å². The molecule has 0 aromatic carbocycles. The third-order valence-corrected chi connectivity index (χ3v) is 7.90. The topological polar surface area (TPSA) is 61.4 Å². The summed E-state index contributed by atoms with van der Waals surface area (Å²) >= 11 is 6.74. The number of hydrogen-bond acceptors (Lipinski definition) is 4. The van der Waals surface area contributed by atoms with Gasteiger partial charge in [-0.3, -0.25) is 10.1 Å². The van der Waals surface area contributed by atoms with Crippen LogP contribution >= 0.6 is 24.0 Å². The van der Waals surface area contributed by atoms with Gasteiger partial charge in [0, 0.05) is 18.6 Å². The first kappa shape index (κ1) is 19.9. The molecule has 5 nitrogen and oxygen atoms in total. The largest absolute Gasteiger partial charge is 0.358 e. The van der Waals surface area contributed by atoms with E-state index in [-0.39, 0.29) is 22.7 Å². The van der Waals surface area contributed by atoms with Crippen LogP contribution in [0.3, 0.4) is 0 Å². The molecule has 7 heteroatoms. The first-order valence-electron chi connectivity index (χ1n) is 9.92. The molecule has 4 rings (SSSR count). The van der Waals surface area contributed by atoms with E-state index in [0.717, 1.165) is 50.1 Å². The Morgan fingerprint density at radius 2 is 1.62 bits per heavy atom. The summed E-state index contributed by atoms with van der Waals surface area (Å²) in [5, 5.41) is 5.35. The number of imide groups is 1. The molecule has 146 valence electrons. The van der Waals surface area contributed by atoms with Crippen LogP contribution in [0.1, 0.15) is 59.3 Å². The van der Waals surface area contributed by atoms with E-state index in [2.05, 4.69) is 10.6 Å². The van der Waals surface area contributed by atoms with Crippen molar-refractivity contribution in [2.45, 2.75) is 70.1 Å². The van der Waals surface area contributed by atoms with E-state index in [4.69, 9.17) is 12.2 Å². The number of carbonyl (C=O) groups is 2. The van der Waals surface area contributed by atoms with Gasteiger partial charge in [0.25, 0.3) is 0 Å². The molecule has 4 fully saturated rings. The van der Waals surface area contributed by atoms with Crippen LogP contribution in [0.5, 0.6) is 0 Å². The summed E-state index contributed by atoms with van der Waals surface area (Å²) in [5.74, 6) is 2.02. The molecule has 4 aliphatic rings. The summed E-state index contributed by atoms with van der Waals surface area (Å²) < 4.78 is 0.708. The number of thioether (sulfide) groups is 1. The van der Waals surface area contributed by atoms with Crippen molar-refractivity contribution < 1.29 is 9.59 Å². The van der Waals surface area contributed by atoms with Crippen LogP contribution in [0, 0.1) is 17.8 Å². The zero-order chi connectivity index (χ0) is 18.9. The fraction of sp³-hybridized carbons (Fsp3) is 0.842. The van der Waals surface area contributed by atoms with Gasteiger partial charge in [-0.25, -0.2) is 4.79 Å². The van der Waals surface area contributed by atoms with Crippen molar-refractivity contribution >= 4 is 40.2 Å². The second-order valence-corrected chi connectivity index (χ2v) is 10.3. The Morgan fingerprint density at radius 3 is 2.08 bits per heavy atom. The minimum absolute atomic E-state index is 0.0774. The highest BCUT2D eigenvalue weighted by Crippen LogP contribution is 2.55. The lowest BCUT2D eigenvalue weighted by Crippen LogP contribution is -2.62. The average molecular weight is 398 g/mol. The summed E-state index contributed by atoms with van der Waals surface area (Å²) in [5.41, 5.74) is -0.0774. The van der Waals surface area contributed by atoms with Gasteiger partial charge < -0.3 is 10.2 Å². The van der Waals surface area contributed by atoms with Crippen LogP contribution in [0.2, 0.25) is 0 Å². The van der Waals surface area contributed by atoms with E-state index in [9.17, 15) is 9.59 Å². The highest BCUT2D eigenvalue weighted by molar-refractivity contribution is 8.23. The minimum atomic E-state index is -0.384. The molecule has 1 unspecified atom stereocenters. The average Bonchev–Trinajstić information content (AvgIpc) is 2.53. The van der Waals surface area contributed by atoms with Crippen LogP contribution in [0.4, 0.5) is 4.79 Å². The molecule has 0 radical (unpaired) electrons. The van der Waals surface area contributed by atoms with Crippen molar-refractivity contribution in [2.75, 3.05) is 13.1 Å². The molecule has 0 saturated heterocycles. The lowest BCUT2D eigenvalue weighted by Gasteiger charge is -2.56. The summed E-state index contributed by atoms with van der Waals surface area (Å²) in [7, 11) is 0. The molecule has 4 aliphatic carbocycles. The SMILES string of the molecule is CCN(CC)C(=S)SC(C)C(=O)NC(=O)NC12CC3CC(CC(C3)C1)C2. The molecule has 0 spiro atoms. The number of amides is 3. The van der Waals surface area contributed by atoms with Gasteiger partial charge in [-0.15, -0.1) is 0 Å². The van der Waals surface area contributed by atoms with Crippen LogP contribution in [0.15, 0.2) is 0 Å². The van der Waals surface area contributed by atoms with E-state index >= 15 is 0 Å². The van der Waals surface area contributed by atoms with Crippen LogP contribution in [-0.2, 0) is 4.79 Å². The normalized spacial score (nSPS) is 32.8. The maximum absolute atomic E-state index is 12.5. The second-order valence-electron chi connectivity index (χ2n) is 8.34. The van der Waals surface area contributed by atoms with Gasteiger partial charge in [-0.05, 0) is 77.0 Å². The zero-order valence-electron chi connectivity index (χ0n) is 16.0. The van der Waals surface area contributed by atoms with Crippen molar-refractivity contribution in [2.24, 2.45) is 17.8 Å². The van der Waals surface area contributed by atoms with Gasteiger partial charge in [0.2, 0.25) is 5.91 Å². The van der Waals surface area contributed by atoms with Gasteiger partial charge in [-0.1, -0.05) is 24.0 Å². The van der Waals surface area contributed by atoms with Gasteiger partial charge in [0.15, 0.2) is 0 Å². The van der Waals surface area contributed by atoms with E-state index in [1.165, 1.54) is 31.0 Å². The number of urea groups is 1.